The monoisotopic (exact) mass is 483 g/mol. The molecule has 0 saturated carbocycles. The molecule has 36 heavy (non-hydrogen) atoms. The number of hydrogen-bond acceptors (Lipinski definition) is 8. The van der Waals surface area contributed by atoms with Crippen LogP contribution in [0.3, 0.4) is 0 Å². The number of pyridine rings is 1. The average molecular weight is 483 g/mol. The lowest BCUT2D eigenvalue weighted by Gasteiger charge is -2.12. The molecular formula is C27H21N3O6. The number of aryl methyl sites for hydroxylation is 1. The SMILES string of the molecule is Cc1cc(NC(=O)COC(=O)c2c3c(nc4ccccc24)C(=Cc2ccc4c(c2)OCO4)CC3)no1. The minimum Gasteiger partial charge on any atom is -0.454 e. The number of hydrogen-bond donors (Lipinski definition) is 1. The third-order valence-corrected chi connectivity index (χ3v) is 6.11. The molecule has 3 heterocycles. The van der Waals surface area contributed by atoms with Gasteiger partial charge < -0.3 is 24.1 Å². The van der Waals surface area contributed by atoms with Gasteiger partial charge in [-0.05, 0) is 60.7 Å². The van der Waals surface area contributed by atoms with Gasteiger partial charge in [-0.15, -0.1) is 0 Å². The lowest BCUT2D eigenvalue weighted by Crippen LogP contribution is -2.22. The number of carbonyl (C=O) groups is 2. The second-order valence-corrected chi connectivity index (χ2v) is 8.56. The van der Waals surface area contributed by atoms with Gasteiger partial charge in [0.2, 0.25) is 6.79 Å². The Morgan fingerprint density at radius 2 is 1.94 bits per heavy atom. The molecule has 180 valence electrons. The summed E-state index contributed by atoms with van der Waals surface area (Å²) in [6.07, 6.45) is 3.41. The predicted molar refractivity (Wildman–Crippen MR) is 131 cm³/mol. The number of nitrogens with zero attached hydrogens (tertiary/aromatic N) is 2. The predicted octanol–water partition coefficient (Wildman–Crippen LogP) is 4.54. The largest absolute Gasteiger partial charge is 0.454 e. The first-order valence-electron chi connectivity index (χ1n) is 11.5. The summed E-state index contributed by atoms with van der Waals surface area (Å²) in [5.41, 5.74) is 4.68. The van der Waals surface area contributed by atoms with Crippen molar-refractivity contribution in [1.82, 2.24) is 10.1 Å². The molecule has 0 radical (unpaired) electrons. The van der Waals surface area contributed by atoms with Crippen molar-refractivity contribution in [1.29, 1.82) is 0 Å². The maximum Gasteiger partial charge on any atom is 0.339 e. The number of anilines is 1. The fourth-order valence-electron chi connectivity index (χ4n) is 4.52. The Morgan fingerprint density at radius 1 is 1.08 bits per heavy atom. The Kier molecular flexibility index (Phi) is 5.37. The number of allylic oxidation sites excluding steroid dienone is 1. The molecule has 0 atom stereocenters. The number of ether oxygens (including phenoxy) is 3. The second-order valence-electron chi connectivity index (χ2n) is 8.56. The molecule has 2 aromatic carbocycles. The molecule has 0 saturated heterocycles. The molecule has 0 bridgehead atoms. The van der Waals surface area contributed by atoms with Gasteiger partial charge in [-0.3, -0.25) is 4.79 Å². The summed E-state index contributed by atoms with van der Waals surface area (Å²) in [5.74, 6) is 1.18. The highest BCUT2D eigenvalue weighted by Gasteiger charge is 2.28. The van der Waals surface area contributed by atoms with Gasteiger partial charge in [0, 0.05) is 11.5 Å². The normalized spacial score (nSPS) is 14.8. The van der Waals surface area contributed by atoms with E-state index in [0.29, 0.717) is 34.4 Å². The summed E-state index contributed by atoms with van der Waals surface area (Å²) >= 11 is 0. The molecule has 1 N–H and O–H groups in total. The zero-order valence-corrected chi connectivity index (χ0v) is 19.4. The van der Waals surface area contributed by atoms with Crippen molar-refractivity contribution >= 4 is 40.2 Å². The molecule has 0 fully saturated rings. The zero-order valence-electron chi connectivity index (χ0n) is 19.4. The van der Waals surface area contributed by atoms with Crippen LogP contribution in [0, 0.1) is 6.92 Å². The van der Waals surface area contributed by atoms with Crippen LogP contribution in [-0.2, 0) is 16.0 Å². The lowest BCUT2D eigenvalue weighted by atomic mass is 10.0. The van der Waals surface area contributed by atoms with E-state index < -0.39 is 18.5 Å². The van der Waals surface area contributed by atoms with Crippen molar-refractivity contribution in [2.24, 2.45) is 0 Å². The minimum atomic E-state index is -0.569. The summed E-state index contributed by atoms with van der Waals surface area (Å²) in [6, 6.07) is 14.8. The molecule has 2 aromatic heterocycles. The Hall–Kier alpha value is -4.66. The molecule has 0 spiro atoms. The standard InChI is InChI=1S/C27H21N3O6/c1-15-10-23(30-36-15)29-24(31)13-33-27(32)25-18-4-2-3-5-20(18)28-26-17(7-8-19(25)26)11-16-6-9-21-22(12-16)35-14-34-21/h2-6,9-12H,7-8,13-14H2,1H3,(H,29,30,31). The second kappa shape index (κ2) is 8.84. The first kappa shape index (κ1) is 21.8. The quantitative estimate of drug-likeness (QED) is 0.412. The molecule has 9 heteroatoms. The average Bonchev–Trinajstić information content (AvgIpc) is 3.61. The van der Waals surface area contributed by atoms with Gasteiger partial charge in [0.15, 0.2) is 23.9 Å². The van der Waals surface area contributed by atoms with E-state index in [0.717, 1.165) is 34.6 Å². The van der Waals surface area contributed by atoms with E-state index in [9.17, 15) is 9.59 Å². The topological polar surface area (TPSA) is 113 Å². The molecule has 1 aliphatic carbocycles. The van der Waals surface area contributed by atoms with Crippen molar-refractivity contribution in [2.75, 3.05) is 18.7 Å². The molecule has 6 rings (SSSR count). The minimum absolute atomic E-state index is 0.216. The third kappa shape index (κ3) is 4.04. The summed E-state index contributed by atoms with van der Waals surface area (Å²) in [6.45, 7) is 1.48. The first-order chi connectivity index (χ1) is 17.5. The maximum atomic E-state index is 13.3. The van der Waals surface area contributed by atoms with E-state index in [1.807, 2.05) is 42.5 Å². The fourth-order valence-corrected chi connectivity index (χ4v) is 4.52. The number of benzene rings is 2. The molecule has 1 aliphatic heterocycles. The van der Waals surface area contributed by atoms with E-state index in [1.165, 1.54) is 0 Å². The first-order valence-corrected chi connectivity index (χ1v) is 11.5. The highest BCUT2D eigenvalue weighted by Crippen LogP contribution is 2.39. The van der Waals surface area contributed by atoms with Crippen LogP contribution in [0.25, 0.3) is 22.6 Å². The number of amides is 1. The number of aromatic nitrogens is 2. The van der Waals surface area contributed by atoms with Crippen LogP contribution < -0.4 is 14.8 Å². The fraction of sp³-hybridized carbons (Fsp3) is 0.185. The Balaban J connectivity index is 1.30. The number of rotatable bonds is 5. The van der Waals surface area contributed by atoms with Crippen LogP contribution in [-0.4, -0.2) is 35.4 Å². The maximum absolute atomic E-state index is 13.3. The van der Waals surface area contributed by atoms with E-state index in [4.69, 9.17) is 23.7 Å². The molecule has 2 aliphatic rings. The van der Waals surface area contributed by atoms with Crippen molar-refractivity contribution < 1.29 is 28.3 Å². The van der Waals surface area contributed by atoms with Gasteiger partial charge in [0.1, 0.15) is 5.76 Å². The van der Waals surface area contributed by atoms with Crippen LogP contribution >= 0.6 is 0 Å². The van der Waals surface area contributed by atoms with Crippen LogP contribution in [0.1, 0.15) is 39.4 Å². The van der Waals surface area contributed by atoms with Crippen molar-refractivity contribution in [3.8, 4) is 11.5 Å². The van der Waals surface area contributed by atoms with Gasteiger partial charge >= 0.3 is 5.97 Å². The number of esters is 1. The van der Waals surface area contributed by atoms with Crippen LogP contribution in [0.15, 0.2) is 53.1 Å². The van der Waals surface area contributed by atoms with E-state index in [-0.39, 0.29) is 12.6 Å². The van der Waals surface area contributed by atoms with Crippen LogP contribution in [0.2, 0.25) is 0 Å². The number of carbonyl (C=O) groups excluding carboxylic acids is 2. The van der Waals surface area contributed by atoms with E-state index in [2.05, 4.69) is 16.5 Å². The zero-order chi connectivity index (χ0) is 24.6. The van der Waals surface area contributed by atoms with Crippen molar-refractivity contribution in [3.63, 3.8) is 0 Å². The van der Waals surface area contributed by atoms with Gasteiger partial charge in [0.05, 0.1) is 16.8 Å². The number of para-hydroxylation sites is 1. The molecule has 9 nitrogen and oxygen atoms in total. The lowest BCUT2D eigenvalue weighted by molar-refractivity contribution is -0.119. The summed E-state index contributed by atoms with van der Waals surface area (Å²) in [5, 5.41) is 6.96. The van der Waals surface area contributed by atoms with Crippen molar-refractivity contribution in [2.45, 2.75) is 19.8 Å². The summed E-state index contributed by atoms with van der Waals surface area (Å²) in [4.78, 5) is 30.4. The molecule has 0 unspecified atom stereocenters. The Bertz CT molecular complexity index is 1550. The number of nitrogens with one attached hydrogen (secondary N) is 1. The summed E-state index contributed by atoms with van der Waals surface area (Å²) < 4.78 is 21.3. The highest BCUT2D eigenvalue weighted by atomic mass is 16.7. The smallest absolute Gasteiger partial charge is 0.339 e. The van der Waals surface area contributed by atoms with Gasteiger partial charge in [-0.25, -0.2) is 9.78 Å². The third-order valence-electron chi connectivity index (χ3n) is 6.11. The van der Waals surface area contributed by atoms with Crippen LogP contribution in [0.5, 0.6) is 11.5 Å². The summed E-state index contributed by atoms with van der Waals surface area (Å²) in [7, 11) is 0. The molecule has 1 amide bonds. The highest BCUT2D eigenvalue weighted by molar-refractivity contribution is 6.08. The van der Waals surface area contributed by atoms with E-state index >= 15 is 0 Å². The van der Waals surface area contributed by atoms with Crippen molar-refractivity contribution in [3.05, 3.63) is 76.7 Å². The molecule has 4 aromatic rings. The van der Waals surface area contributed by atoms with E-state index in [1.54, 1.807) is 13.0 Å². The van der Waals surface area contributed by atoms with Gasteiger partial charge in [-0.1, -0.05) is 29.4 Å². The Morgan fingerprint density at radius 3 is 2.81 bits per heavy atom. The Labute approximate surface area is 205 Å². The van der Waals surface area contributed by atoms with Gasteiger partial charge in [0.25, 0.3) is 5.91 Å². The molecular weight excluding hydrogens is 462 g/mol. The van der Waals surface area contributed by atoms with Gasteiger partial charge in [-0.2, -0.15) is 0 Å². The van der Waals surface area contributed by atoms with Crippen LogP contribution in [0.4, 0.5) is 5.82 Å². The number of fused-ring (bicyclic) bond motifs is 3.